The fourth-order valence-corrected chi connectivity index (χ4v) is 3.95. The third-order valence-corrected chi connectivity index (χ3v) is 5.91. The highest BCUT2D eigenvalue weighted by molar-refractivity contribution is 6.25. The summed E-state index contributed by atoms with van der Waals surface area (Å²) in [4.78, 5) is 21.0. The Hall–Kier alpha value is -3.50. The fourth-order valence-electron chi connectivity index (χ4n) is 3.95. The second-order valence-electron chi connectivity index (χ2n) is 8.74. The van der Waals surface area contributed by atoms with Crippen molar-refractivity contribution in [3.8, 4) is 11.4 Å². The quantitative estimate of drug-likeness (QED) is 0.301. The summed E-state index contributed by atoms with van der Waals surface area (Å²) < 4.78 is 80.4. The molecule has 2 aromatic heterocycles. The van der Waals surface area contributed by atoms with Gasteiger partial charge in [0.25, 0.3) is 0 Å². The lowest BCUT2D eigenvalue weighted by Gasteiger charge is -2.13. The maximum atomic E-state index is 13.2. The Bertz CT molecular complexity index is 1230. The molecule has 0 N–H and O–H groups in total. The monoisotopic (exact) mass is 494 g/mol. The minimum Gasteiger partial charge on any atom is -0.294 e. The first-order valence-corrected chi connectivity index (χ1v) is 10.7. The predicted octanol–water partition coefficient (Wildman–Crippen LogP) is 6.24. The molecule has 0 bridgehead atoms. The predicted molar refractivity (Wildman–Crippen MR) is 115 cm³/mol. The Morgan fingerprint density at radius 2 is 1.63 bits per heavy atom. The highest BCUT2D eigenvalue weighted by Crippen LogP contribution is 2.47. The van der Waals surface area contributed by atoms with Crippen molar-refractivity contribution in [3.05, 3.63) is 65.7 Å². The summed E-state index contributed by atoms with van der Waals surface area (Å²) in [6.45, 7) is 4.06. The number of carbonyl (C=O) groups excluding carboxylic acids is 1. The van der Waals surface area contributed by atoms with E-state index in [2.05, 4.69) is 15.1 Å². The minimum atomic E-state index is -4.99. The zero-order chi connectivity index (χ0) is 25.5. The second-order valence-corrected chi connectivity index (χ2v) is 8.74. The summed E-state index contributed by atoms with van der Waals surface area (Å²) in [6, 6.07) is 4.44. The second kappa shape index (κ2) is 8.94. The molecule has 2 atom stereocenters. The lowest BCUT2D eigenvalue weighted by molar-refractivity contribution is -0.143. The van der Waals surface area contributed by atoms with Gasteiger partial charge in [-0.1, -0.05) is 13.8 Å². The Morgan fingerprint density at radius 3 is 2.14 bits per heavy atom. The van der Waals surface area contributed by atoms with Crippen molar-refractivity contribution in [1.82, 2.24) is 19.7 Å². The van der Waals surface area contributed by atoms with E-state index in [1.807, 2.05) is 13.8 Å². The van der Waals surface area contributed by atoms with E-state index < -0.39 is 29.0 Å². The number of aromatic nitrogens is 4. The van der Waals surface area contributed by atoms with Crippen molar-refractivity contribution in [2.75, 3.05) is 0 Å². The number of hydrogen-bond acceptors (Lipinski definition) is 4. The summed E-state index contributed by atoms with van der Waals surface area (Å²) >= 11 is 0. The Morgan fingerprint density at radius 1 is 1.03 bits per heavy atom. The van der Waals surface area contributed by atoms with Gasteiger partial charge < -0.3 is 0 Å². The third kappa shape index (κ3) is 5.44. The summed E-state index contributed by atoms with van der Waals surface area (Å²) in [5.74, 6) is -0.0688. The van der Waals surface area contributed by atoms with Crippen molar-refractivity contribution in [2.45, 2.75) is 32.6 Å². The molecule has 1 fully saturated rings. The molecule has 0 aliphatic heterocycles. The standard InChI is InChI=1S/C24H20F6N4O/c1-13(2)18-10-19(18)21(35)20(14-3-5-31-6-4-14)11-34-12-32-22(33-34)15-7-16(23(25,26)27)9-17(8-15)24(28,29)30/h3-9,11-13,18-19H,10H2,1-2H3/b20-11+. The number of halogens is 6. The van der Waals surface area contributed by atoms with Gasteiger partial charge in [-0.2, -0.15) is 26.3 Å². The van der Waals surface area contributed by atoms with E-state index in [-0.39, 0.29) is 29.5 Å². The lowest BCUT2D eigenvalue weighted by Crippen LogP contribution is -2.11. The van der Waals surface area contributed by atoms with Crippen molar-refractivity contribution in [1.29, 1.82) is 0 Å². The first-order chi connectivity index (χ1) is 16.3. The SMILES string of the molecule is CC(C)C1CC1C(=O)/C(=C/n1cnc(-c2cc(C(F)(F)F)cc(C(F)(F)F)c2)n1)c1ccncc1. The summed E-state index contributed by atoms with van der Waals surface area (Å²) in [5.41, 5.74) is -2.50. The minimum absolute atomic E-state index is 0.0430. The number of hydrogen-bond donors (Lipinski definition) is 0. The Balaban J connectivity index is 1.73. The van der Waals surface area contributed by atoms with Crippen LogP contribution in [0, 0.1) is 17.8 Å². The van der Waals surface area contributed by atoms with Crippen LogP contribution in [0.25, 0.3) is 23.2 Å². The highest BCUT2D eigenvalue weighted by atomic mass is 19.4. The molecule has 1 aromatic carbocycles. The molecular weight excluding hydrogens is 474 g/mol. The molecule has 35 heavy (non-hydrogen) atoms. The largest absolute Gasteiger partial charge is 0.416 e. The van der Waals surface area contributed by atoms with Crippen molar-refractivity contribution in [2.24, 2.45) is 17.8 Å². The molecule has 0 radical (unpaired) electrons. The number of ketones is 1. The molecule has 5 nitrogen and oxygen atoms in total. The van der Waals surface area contributed by atoms with Gasteiger partial charge in [-0.25, -0.2) is 9.67 Å². The summed E-state index contributed by atoms with van der Waals surface area (Å²) in [6.07, 6.45) is -3.71. The molecule has 184 valence electrons. The molecule has 0 saturated heterocycles. The van der Waals surface area contributed by atoms with E-state index in [0.29, 0.717) is 29.2 Å². The van der Waals surface area contributed by atoms with Gasteiger partial charge in [-0.05, 0) is 54.2 Å². The molecular formula is C24H20F6N4O. The van der Waals surface area contributed by atoms with Crippen LogP contribution in [0.2, 0.25) is 0 Å². The first kappa shape index (κ1) is 24.6. The number of rotatable bonds is 6. The first-order valence-electron chi connectivity index (χ1n) is 10.7. The molecule has 1 aliphatic carbocycles. The number of Topliss-reactive ketones (excluding diaryl/α,β-unsaturated/α-hetero) is 1. The van der Waals surface area contributed by atoms with Gasteiger partial charge in [-0.15, -0.1) is 5.10 Å². The van der Waals surface area contributed by atoms with E-state index >= 15 is 0 Å². The van der Waals surface area contributed by atoms with Crippen LogP contribution in [0.1, 0.15) is 37.0 Å². The van der Waals surface area contributed by atoms with Gasteiger partial charge >= 0.3 is 12.4 Å². The van der Waals surface area contributed by atoms with Crippen LogP contribution >= 0.6 is 0 Å². The van der Waals surface area contributed by atoms with Gasteiger partial charge in [0.15, 0.2) is 11.6 Å². The van der Waals surface area contributed by atoms with Crippen molar-refractivity contribution in [3.63, 3.8) is 0 Å². The number of nitrogens with zero attached hydrogens (tertiary/aromatic N) is 4. The Labute approximate surface area is 196 Å². The number of allylic oxidation sites excluding steroid dienone is 1. The van der Waals surface area contributed by atoms with E-state index in [1.165, 1.54) is 18.6 Å². The Kier molecular flexibility index (Phi) is 6.29. The fraction of sp³-hybridized carbons (Fsp3) is 0.333. The average Bonchev–Trinajstić information content (AvgIpc) is 3.47. The van der Waals surface area contributed by atoms with E-state index in [0.717, 1.165) is 17.4 Å². The molecule has 1 aliphatic rings. The van der Waals surface area contributed by atoms with Gasteiger partial charge in [0.1, 0.15) is 6.33 Å². The van der Waals surface area contributed by atoms with E-state index in [9.17, 15) is 31.1 Å². The van der Waals surface area contributed by atoms with Gasteiger partial charge in [0, 0.05) is 35.6 Å². The molecule has 0 spiro atoms. The van der Waals surface area contributed by atoms with Crippen LogP contribution in [-0.2, 0) is 17.1 Å². The molecule has 2 unspecified atom stereocenters. The number of alkyl halides is 6. The zero-order valence-corrected chi connectivity index (χ0v) is 18.6. The zero-order valence-electron chi connectivity index (χ0n) is 18.6. The molecule has 3 aromatic rings. The topological polar surface area (TPSA) is 60.7 Å². The molecule has 11 heteroatoms. The summed E-state index contributed by atoms with van der Waals surface area (Å²) in [5, 5.41) is 4.04. The average molecular weight is 494 g/mol. The van der Waals surface area contributed by atoms with Gasteiger partial charge in [0.05, 0.1) is 11.1 Å². The van der Waals surface area contributed by atoms with Crippen molar-refractivity contribution < 1.29 is 31.1 Å². The number of pyridine rings is 1. The molecule has 0 amide bonds. The van der Waals surface area contributed by atoms with Crippen LogP contribution in [0.3, 0.4) is 0 Å². The summed E-state index contributed by atoms with van der Waals surface area (Å²) in [7, 11) is 0. The van der Waals surface area contributed by atoms with Crippen LogP contribution < -0.4 is 0 Å². The van der Waals surface area contributed by atoms with Crippen LogP contribution in [0.15, 0.2) is 49.1 Å². The highest BCUT2D eigenvalue weighted by Gasteiger charge is 2.45. The van der Waals surface area contributed by atoms with Crippen LogP contribution in [0.4, 0.5) is 26.3 Å². The normalized spacial score (nSPS) is 18.7. The smallest absolute Gasteiger partial charge is 0.294 e. The van der Waals surface area contributed by atoms with Crippen LogP contribution in [0.5, 0.6) is 0 Å². The van der Waals surface area contributed by atoms with Gasteiger partial charge in [-0.3, -0.25) is 9.78 Å². The van der Waals surface area contributed by atoms with E-state index in [4.69, 9.17) is 0 Å². The molecule has 1 saturated carbocycles. The van der Waals surface area contributed by atoms with E-state index in [1.54, 1.807) is 12.1 Å². The number of benzene rings is 1. The van der Waals surface area contributed by atoms with Crippen molar-refractivity contribution >= 4 is 17.6 Å². The number of carbonyl (C=O) groups is 1. The maximum Gasteiger partial charge on any atom is 0.416 e. The molecule has 2 heterocycles. The lowest BCUT2D eigenvalue weighted by atomic mass is 9.97. The maximum absolute atomic E-state index is 13.2. The van der Waals surface area contributed by atoms with Crippen LogP contribution in [-0.4, -0.2) is 25.5 Å². The third-order valence-electron chi connectivity index (χ3n) is 5.91. The molecule has 4 rings (SSSR count). The van der Waals surface area contributed by atoms with Gasteiger partial charge in [0.2, 0.25) is 0 Å².